The average molecular weight is 284 g/mol. The van der Waals surface area contributed by atoms with Gasteiger partial charge in [-0.25, -0.2) is 4.79 Å². The third-order valence-corrected chi connectivity index (χ3v) is 3.30. The molecule has 0 saturated carbocycles. The lowest BCUT2D eigenvalue weighted by Gasteiger charge is -2.14. The monoisotopic (exact) mass is 283 g/mol. The number of halogens is 1. The van der Waals surface area contributed by atoms with Gasteiger partial charge < -0.3 is 10.5 Å². The normalized spacial score (nSPS) is 11.4. The molecule has 96 valence electrons. The smallest absolute Gasteiger partial charge is 0.338 e. The number of carbonyl (C=O) groups excluding carboxylic acids is 1. The van der Waals surface area contributed by atoms with Gasteiger partial charge in [0.2, 0.25) is 0 Å². The SMILES string of the molecule is COC(=O)c1ccccc1[C@H](N)c1ccsc1.Cl. The summed E-state index contributed by atoms with van der Waals surface area (Å²) in [6.07, 6.45) is 0. The molecule has 0 bridgehead atoms. The lowest BCUT2D eigenvalue weighted by molar-refractivity contribution is 0.0599. The summed E-state index contributed by atoms with van der Waals surface area (Å²) in [5.41, 5.74) is 8.47. The van der Waals surface area contributed by atoms with Gasteiger partial charge in [-0.2, -0.15) is 11.3 Å². The van der Waals surface area contributed by atoms with Gasteiger partial charge in [0.05, 0.1) is 18.7 Å². The highest BCUT2D eigenvalue weighted by Gasteiger charge is 2.17. The molecule has 0 saturated heterocycles. The Morgan fingerprint density at radius 2 is 2.06 bits per heavy atom. The van der Waals surface area contributed by atoms with Gasteiger partial charge in [0.15, 0.2) is 0 Å². The van der Waals surface area contributed by atoms with Gasteiger partial charge in [0.1, 0.15) is 0 Å². The van der Waals surface area contributed by atoms with Gasteiger partial charge in [-0.1, -0.05) is 18.2 Å². The van der Waals surface area contributed by atoms with E-state index in [1.807, 2.05) is 29.0 Å². The summed E-state index contributed by atoms with van der Waals surface area (Å²) >= 11 is 1.59. The topological polar surface area (TPSA) is 52.3 Å². The third-order valence-electron chi connectivity index (χ3n) is 2.60. The Morgan fingerprint density at radius 3 is 2.67 bits per heavy atom. The third kappa shape index (κ3) is 2.90. The minimum atomic E-state index is -0.355. The zero-order valence-corrected chi connectivity index (χ0v) is 11.5. The van der Waals surface area contributed by atoms with Crippen molar-refractivity contribution in [3.63, 3.8) is 0 Å². The minimum Gasteiger partial charge on any atom is -0.465 e. The quantitative estimate of drug-likeness (QED) is 0.881. The molecule has 5 heteroatoms. The summed E-state index contributed by atoms with van der Waals surface area (Å²) in [6, 6.07) is 8.92. The Bertz CT molecular complexity index is 513. The molecule has 1 aromatic carbocycles. The van der Waals surface area contributed by atoms with Crippen molar-refractivity contribution in [3.05, 3.63) is 57.8 Å². The molecule has 0 amide bonds. The van der Waals surface area contributed by atoms with E-state index in [9.17, 15) is 4.79 Å². The Morgan fingerprint density at radius 1 is 1.33 bits per heavy atom. The van der Waals surface area contributed by atoms with E-state index in [1.54, 1.807) is 23.5 Å². The zero-order valence-electron chi connectivity index (χ0n) is 9.83. The van der Waals surface area contributed by atoms with Crippen LogP contribution in [0.3, 0.4) is 0 Å². The van der Waals surface area contributed by atoms with Crippen LogP contribution in [-0.4, -0.2) is 13.1 Å². The van der Waals surface area contributed by atoms with Crippen molar-refractivity contribution in [2.45, 2.75) is 6.04 Å². The lowest BCUT2D eigenvalue weighted by Crippen LogP contribution is -2.16. The molecule has 0 aliphatic carbocycles. The number of methoxy groups -OCH3 is 1. The van der Waals surface area contributed by atoms with Crippen molar-refractivity contribution in [2.75, 3.05) is 7.11 Å². The Labute approximate surface area is 116 Å². The maximum atomic E-state index is 11.6. The van der Waals surface area contributed by atoms with E-state index in [0.717, 1.165) is 11.1 Å². The number of rotatable bonds is 3. The van der Waals surface area contributed by atoms with E-state index in [4.69, 9.17) is 10.5 Å². The van der Waals surface area contributed by atoms with Crippen LogP contribution in [0.25, 0.3) is 0 Å². The van der Waals surface area contributed by atoms with Crippen LogP contribution in [-0.2, 0) is 4.74 Å². The van der Waals surface area contributed by atoms with Crippen LogP contribution < -0.4 is 5.73 Å². The summed E-state index contributed by atoms with van der Waals surface area (Å²) in [4.78, 5) is 11.6. The molecule has 0 unspecified atom stereocenters. The van der Waals surface area contributed by atoms with E-state index in [0.29, 0.717) is 5.56 Å². The second kappa shape index (κ2) is 6.54. The molecule has 0 radical (unpaired) electrons. The fraction of sp³-hybridized carbons (Fsp3) is 0.154. The maximum absolute atomic E-state index is 11.6. The lowest BCUT2D eigenvalue weighted by atomic mass is 9.97. The van der Waals surface area contributed by atoms with E-state index in [1.165, 1.54) is 7.11 Å². The first-order valence-corrected chi connectivity index (χ1v) is 6.13. The highest BCUT2D eigenvalue weighted by atomic mass is 35.5. The minimum absolute atomic E-state index is 0. The van der Waals surface area contributed by atoms with Crippen molar-refractivity contribution in [3.8, 4) is 0 Å². The van der Waals surface area contributed by atoms with Gasteiger partial charge in [0, 0.05) is 0 Å². The Hall–Kier alpha value is -1.36. The van der Waals surface area contributed by atoms with Gasteiger partial charge in [-0.05, 0) is 34.0 Å². The predicted molar refractivity (Wildman–Crippen MR) is 75.4 cm³/mol. The number of carbonyl (C=O) groups is 1. The zero-order chi connectivity index (χ0) is 12.3. The molecule has 0 fully saturated rings. The molecule has 1 atom stereocenters. The summed E-state index contributed by atoms with van der Waals surface area (Å²) in [7, 11) is 1.37. The van der Waals surface area contributed by atoms with Crippen LogP contribution in [0.4, 0.5) is 0 Å². The van der Waals surface area contributed by atoms with E-state index in [-0.39, 0.29) is 24.4 Å². The molecule has 0 aliphatic heterocycles. The fourth-order valence-electron chi connectivity index (χ4n) is 1.70. The van der Waals surface area contributed by atoms with Crippen LogP contribution >= 0.6 is 23.7 Å². The van der Waals surface area contributed by atoms with Crippen molar-refractivity contribution < 1.29 is 9.53 Å². The molecule has 1 aromatic heterocycles. The molecule has 3 nitrogen and oxygen atoms in total. The van der Waals surface area contributed by atoms with E-state index >= 15 is 0 Å². The number of nitrogens with two attached hydrogens (primary N) is 1. The summed E-state index contributed by atoms with van der Waals surface area (Å²) in [5, 5.41) is 3.95. The highest BCUT2D eigenvalue weighted by Crippen LogP contribution is 2.24. The number of thiophene rings is 1. The number of esters is 1. The van der Waals surface area contributed by atoms with Crippen LogP contribution in [0.2, 0.25) is 0 Å². The van der Waals surface area contributed by atoms with Crippen molar-refractivity contribution >= 4 is 29.7 Å². The second-order valence-electron chi connectivity index (χ2n) is 3.61. The highest BCUT2D eigenvalue weighted by molar-refractivity contribution is 7.08. The van der Waals surface area contributed by atoms with Crippen molar-refractivity contribution in [1.29, 1.82) is 0 Å². The standard InChI is InChI=1S/C13H13NO2S.ClH/c1-16-13(15)11-5-3-2-4-10(11)12(14)9-6-7-17-8-9;/h2-8,12H,14H2,1H3;1H/t12-;/m1./s1. The molecule has 2 rings (SSSR count). The molecule has 0 spiro atoms. The number of benzene rings is 1. The predicted octanol–water partition coefficient (Wildman–Crippen LogP) is 3.00. The molecular weight excluding hydrogens is 270 g/mol. The van der Waals surface area contributed by atoms with Crippen LogP contribution in [0.1, 0.15) is 27.5 Å². The van der Waals surface area contributed by atoms with E-state index in [2.05, 4.69) is 0 Å². The molecule has 0 aliphatic rings. The number of hydrogen-bond acceptors (Lipinski definition) is 4. The summed E-state index contributed by atoms with van der Waals surface area (Å²) in [6.45, 7) is 0. The van der Waals surface area contributed by atoms with Gasteiger partial charge in [0.25, 0.3) is 0 Å². The largest absolute Gasteiger partial charge is 0.465 e. The average Bonchev–Trinajstić information content (AvgIpc) is 2.91. The van der Waals surface area contributed by atoms with Crippen molar-refractivity contribution in [1.82, 2.24) is 0 Å². The summed E-state index contributed by atoms with van der Waals surface area (Å²) in [5.74, 6) is -0.355. The van der Waals surface area contributed by atoms with Crippen LogP contribution in [0.15, 0.2) is 41.1 Å². The summed E-state index contributed by atoms with van der Waals surface area (Å²) < 4.78 is 4.75. The maximum Gasteiger partial charge on any atom is 0.338 e. The first-order chi connectivity index (χ1) is 8.24. The fourth-order valence-corrected chi connectivity index (χ4v) is 2.39. The Balaban J connectivity index is 0.00000162. The second-order valence-corrected chi connectivity index (χ2v) is 4.39. The van der Waals surface area contributed by atoms with Gasteiger partial charge >= 0.3 is 5.97 Å². The van der Waals surface area contributed by atoms with Gasteiger partial charge in [-0.3, -0.25) is 0 Å². The molecular formula is C13H14ClNO2S. The first-order valence-electron chi connectivity index (χ1n) is 5.19. The molecule has 1 heterocycles. The van der Waals surface area contributed by atoms with Crippen LogP contribution in [0, 0.1) is 0 Å². The molecule has 2 N–H and O–H groups in total. The van der Waals surface area contributed by atoms with E-state index < -0.39 is 0 Å². The molecule has 18 heavy (non-hydrogen) atoms. The molecule has 2 aromatic rings. The van der Waals surface area contributed by atoms with Gasteiger partial charge in [-0.15, -0.1) is 12.4 Å². The Kier molecular flexibility index (Phi) is 5.34. The number of hydrogen-bond donors (Lipinski definition) is 1. The number of ether oxygens (including phenoxy) is 1. The first kappa shape index (κ1) is 14.7. The van der Waals surface area contributed by atoms with Crippen molar-refractivity contribution in [2.24, 2.45) is 5.73 Å². The van der Waals surface area contributed by atoms with Crippen LogP contribution in [0.5, 0.6) is 0 Å².